The lowest BCUT2D eigenvalue weighted by Gasteiger charge is -2.35. The van der Waals surface area contributed by atoms with Crippen molar-refractivity contribution < 1.29 is 28.7 Å². The number of benzene rings is 1. The summed E-state index contributed by atoms with van der Waals surface area (Å²) in [6.45, 7) is 10.3. The summed E-state index contributed by atoms with van der Waals surface area (Å²) in [4.78, 5) is 30.2. The van der Waals surface area contributed by atoms with Gasteiger partial charge >= 0.3 is 5.97 Å². The van der Waals surface area contributed by atoms with Gasteiger partial charge in [0.2, 0.25) is 0 Å². The lowest BCUT2D eigenvalue weighted by molar-refractivity contribution is -0.925. The van der Waals surface area contributed by atoms with Gasteiger partial charge in [-0.3, -0.25) is 4.79 Å². The second-order valence-electron chi connectivity index (χ2n) is 8.57. The molecule has 0 saturated carbocycles. The van der Waals surface area contributed by atoms with E-state index >= 15 is 0 Å². The van der Waals surface area contributed by atoms with Gasteiger partial charge in [-0.15, -0.1) is 0 Å². The number of nitrogens with one attached hydrogen (secondary N) is 3. The van der Waals surface area contributed by atoms with Crippen LogP contribution in [0.15, 0.2) is 12.1 Å². The van der Waals surface area contributed by atoms with Crippen molar-refractivity contribution in [3.8, 4) is 11.5 Å². The Bertz CT molecular complexity index is 944. The number of hydrogen-bond acceptors (Lipinski definition) is 5. The largest absolute Gasteiger partial charge is 0.493 e. The van der Waals surface area contributed by atoms with Crippen LogP contribution < -0.4 is 19.7 Å². The number of amides is 1. The molecule has 2 aromatic rings. The number of aromatic amines is 1. The minimum absolute atomic E-state index is 0.127. The highest BCUT2D eigenvalue weighted by molar-refractivity contribution is 6.12. The molecule has 2 heterocycles. The minimum Gasteiger partial charge on any atom is -0.493 e. The maximum absolute atomic E-state index is 13.2. The molecule has 1 aliphatic heterocycles. The smallest absolute Gasteiger partial charge is 0.356 e. The molecule has 3 N–H and O–H groups in total. The number of piperidine rings is 1. The summed E-state index contributed by atoms with van der Waals surface area (Å²) in [6, 6.07) is 3.26. The van der Waals surface area contributed by atoms with Gasteiger partial charge in [0.05, 0.1) is 45.1 Å². The molecule has 1 saturated heterocycles. The fraction of sp³-hybridized carbons (Fsp3) is 0.565. The Morgan fingerprint density at radius 1 is 1.16 bits per heavy atom. The highest BCUT2D eigenvalue weighted by atomic mass is 16.5. The monoisotopic (exact) mass is 432 g/mol. The highest BCUT2D eigenvalue weighted by Gasteiger charge is 2.33. The second-order valence-corrected chi connectivity index (χ2v) is 8.57. The molecule has 0 spiro atoms. The third kappa shape index (κ3) is 4.79. The molecule has 0 bridgehead atoms. The van der Waals surface area contributed by atoms with Crippen molar-refractivity contribution in [2.24, 2.45) is 11.8 Å². The number of H-pyrrole nitrogens is 1. The number of ether oxygens (including phenoxy) is 3. The van der Waals surface area contributed by atoms with Crippen LogP contribution in [0.5, 0.6) is 11.5 Å². The maximum atomic E-state index is 13.2. The first-order chi connectivity index (χ1) is 14.8. The van der Waals surface area contributed by atoms with Crippen molar-refractivity contribution >= 4 is 28.5 Å². The summed E-state index contributed by atoms with van der Waals surface area (Å²) in [6.07, 6.45) is 1.19. The molecule has 3 rings (SSSR count). The van der Waals surface area contributed by atoms with E-state index in [1.165, 1.54) is 11.3 Å². The Hall–Kier alpha value is -2.74. The van der Waals surface area contributed by atoms with Crippen LogP contribution in [-0.2, 0) is 9.53 Å². The van der Waals surface area contributed by atoms with Gasteiger partial charge in [0.25, 0.3) is 5.91 Å². The zero-order valence-corrected chi connectivity index (χ0v) is 19.3. The van der Waals surface area contributed by atoms with Gasteiger partial charge in [-0.2, -0.15) is 0 Å². The first kappa shape index (κ1) is 22.9. The molecule has 0 aliphatic carbocycles. The molecule has 31 heavy (non-hydrogen) atoms. The molecular weight excluding hydrogens is 398 g/mol. The standard InChI is InChI=1S/C23H33N3O5/c1-7-31-23(28)21-20(16-9-18(29-5)19(30-6)10-17(16)24-21)25-22(27)15(4)26-11-13(2)8-14(3)12-26/h9-10,13-15,24H,7-8,11-12H2,1-6H3,(H,25,27)/p+1/t13-,14-,15-/m0/s1. The number of methoxy groups -OCH3 is 2. The molecule has 1 aliphatic rings. The predicted octanol–water partition coefficient (Wildman–Crippen LogP) is 2.25. The fourth-order valence-corrected chi connectivity index (χ4v) is 4.61. The molecule has 1 amide bonds. The number of carbonyl (C=O) groups excluding carboxylic acids is 2. The number of aromatic nitrogens is 1. The Morgan fingerprint density at radius 3 is 2.35 bits per heavy atom. The van der Waals surface area contributed by atoms with E-state index in [1.807, 2.05) is 6.92 Å². The number of esters is 1. The van der Waals surface area contributed by atoms with Crippen molar-refractivity contribution in [2.45, 2.75) is 40.2 Å². The number of fused-ring (bicyclic) bond motifs is 1. The van der Waals surface area contributed by atoms with E-state index < -0.39 is 5.97 Å². The van der Waals surface area contributed by atoms with Crippen LogP contribution in [-0.4, -0.2) is 56.8 Å². The van der Waals surface area contributed by atoms with Crippen molar-refractivity contribution in [1.29, 1.82) is 0 Å². The van der Waals surface area contributed by atoms with Gasteiger partial charge in [0.15, 0.2) is 17.5 Å². The van der Waals surface area contributed by atoms with Gasteiger partial charge in [0, 0.05) is 23.3 Å². The molecule has 1 aromatic carbocycles. The van der Waals surface area contributed by atoms with E-state index in [4.69, 9.17) is 14.2 Å². The lowest BCUT2D eigenvalue weighted by Crippen LogP contribution is -3.18. The van der Waals surface area contributed by atoms with Gasteiger partial charge in [-0.1, -0.05) is 13.8 Å². The first-order valence-electron chi connectivity index (χ1n) is 10.9. The number of rotatable bonds is 7. The third-order valence-electron chi connectivity index (χ3n) is 6.06. The summed E-state index contributed by atoms with van der Waals surface area (Å²) in [5, 5.41) is 3.66. The van der Waals surface area contributed by atoms with Gasteiger partial charge < -0.3 is 29.4 Å². The normalized spacial score (nSPS) is 22.1. The second kappa shape index (κ2) is 9.60. The van der Waals surface area contributed by atoms with E-state index in [-0.39, 0.29) is 24.2 Å². The SMILES string of the molecule is CCOC(=O)c1[nH]c2cc(OC)c(OC)cc2c1NC(=O)[C@H](C)[NH+]1C[C@@H](C)C[C@H](C)C1. The first-order valence-corrected chi connectivity index (χ1v) is 10.9. The quantitative estimate of drug-likeness (QED) is 0.584. The molecule has 3 atom stereocenters. The molecule has 0 radical (unpaired) electrons. The summed E-state index contributed by atoms with van der Waals surface area (Å²) < 4.78 is 16.0. The summed E-state index contributed by atoms with van der Waals surface area (Å²) in [5.74, 6) is 1.54. The topological polar surface area (TPSA) is 94.1 Å². The van der Waals surface area contributed by atoms with Crippen molar-refractivity contribution in [3.05, 3.63) is 17.8 Å². The Balaban J connectivity index is 1.97. The van der Waals surface area contributed by atoms with Crippen LogP contribution in [0.2, 0.25) is 0 Å². The molecule has 0 unspecified atom stereocenters. The van der Waals surface area contributed by atoms with E-state index in [0.29, 0.717) is 39.9 Å². The summed E-state index contributed by atoms with van der Waals surface area (Å²) in [5.41, 5.74) is 1.27. The molecule has 8 heteroatoms. The zero-order chi connectivity index (χ0) is 22.7. The lowest BCUT2D eigenvalue weighted by atomic mass is 9.91. The number of anilines is 1. The zero-order valence-electron chi connectivity index (χ0n) is 19.3. The van der Waals surface area contributed by atoms with E-state index in [2.05, 4.69) is 24.1 Å². The van der Waals surface area contributed by atoms with Crippen LogP contribution in [0.25, 0.3) is 10.9 Å². The molecule has 1 fully saturated rings. The van der Waals surface area contributed by atoms with E-state index in [9.17, 15) is 9.59 Å². The van der Waals surface area contributed by atoms with Crippen LogP contribution in [0.1, 0.15) is 44.6 Å². The van der Waals surface area contributed by atoms with Crippen molar-refractivity contribution in [3.63, 3.8) is 0 Å². The Kier molecular flexibility index (Phi) is 7.10. The molecule has 170 valence electrons. The predicted molar refractivity (Wildman–Crippen MR) is 119 cm³/mol. The highest BCUT2D eigenvalue weighted by Crippen LogP contribution is 2.37. The average Bonchev–Trinajstić information content (AvgIpc) is 3.08. The number of hydrogen-bond donors (Lipinski definition) is 3. The van der Waals surface area contributed by atoms with Gasteiger partial charge in [-0.05, 0) is 26.3 Å². The third-order valence-corrected chi connectivity index (χ3v) is 6.06. The van der Waals surface area contributed by atoms with E-state index in [0.717, 1.165) is 13.1 Å². The van der Waals surface area contributed by atoms with Crippen molar-refractivity contribution in [1.82, 2.24) is 4.98 Å². The average molecular weight is 433 g/mol. The summed E-state index contributed by atoms with van der Waals surface area (Å²) >= 11 is 0. The Morgan fingerprint density at radius 2 is 1.77 bits per heavy atom. The molecular formula is C23H34N3O5+. The maximum Gasteiger partial charge on any atom is 0.356 e. The number of likely N-dealkylation sites (tertiary alicyclic amines) is 1. The fourth-order valence-electron chi connectivity index (χ4n) is 4.61. The van der Waals surface area contributed by atoms with Gasteiger partial charge in [0.1, 0.15) is 5.69 Å². The molecule has 8 nitrogen and oxygen atoms in total. The van der Waals surface area contributed by atoms with Crippen LogP contribution >= 0.6 is 0 Å². The number of quaternary nitrogens is 1. The number of carbonyl (C=O) groups is 2. The van der Waals surface area contributed by atoms with Crippen LogP contribution in [0.4, 0.5) is 5.69 Å². The van der Waals surface area contributed by atoms with E-state index in [1.54, 1.807) is 33.3 Å². The minimum atomic E-state index is -0.521. The van der Waals surface area contributed by atoms with Crippen LogP contribution in [0, 0.1) is 11.8 Å². The van der Waals surface area contributed by atoms with Gasteiger partial charge in [-0.25, -0.2) is 4.79 Å². The van der Waals surface area contributed by atoms with Crippen molar-refractivity contribution in [2.75, 3.05) is 39.2 Å². The summed E-state index contributed by atoms with van der Waals surface area (Å²) in [7, 11) is 3.09. The Labute approximate surface area is 183 Å². The molecule has 1 aromatic heterocycles. The van der Waals surface area contributed by atoms with Crippen LogP contribution in [0.3, 0.4) is 0 Å².